The number of ether oxygens (including phenoxy) is 1. The summed E-state index contributed by atoms with van der Waals surface area (Å²) in [5.74, 6) is 0.705. The lowest BCUT2D eigenvalue weighted by atomic mass is 9.70. The quantitative estimate of drug-likeness (QED) is 0.913. The van der Waals surface area contributed by atoms with Crippen LogP contribution in [0.3, 0.4) is 0 Å². The minimum absolute atomic E-state index is 0.220. The third kappa shape index (κ3) is 2.64. The van der Waals surface area contributed by atoms with Gasteiger partial charge in [0.15, 0.2) is 5.75 Å². The molecular formula is C15H26N2O2. The molecule has 1 aliphatic carbocycles. The maximum Gasteiger partial charge on any atom is 0.162 e. The Morgan fingerprint density at radius 2 is 1.84 bits per heavy atom. The van der Waals surface area contributed by atoms with E-state index in [2.05, 4.69) is 32.8 Å². The minimum Gasteiger partial charge on any atom is -0.493 e. The monoisotopic (exact) mass is 266 g/mol. The van der Waals surface area contributed by atoms with Crippen LogP contribution in [0.1, 0.15) is 65.1 Å². The first kappa shape index (κ1) is 14.4. The van der Waals surface area contributed by atoms with Crippen molar-refractivity contribution in [1.29, 1.82) is 0 Å². The van der Waals surface area contributed by atoms with Crippen molar-refractivity contribution in [1.82, 2.24) is 9.78 Å². The van der Waals surface area contributed by atoms with Crippen LogP contribution in [-0.2, 0) is 5.60 Å². The second-order valence-corrected chi connectivity index (χ2v) is 6.80. The third-order valence-electron chi connectivity index (χ3n) is 4.34. The zero-order valence-electron chi connectivity index (χ0n) is 12.7. The first-order valence-corrected chi connectivity index (χ1v) is 7.13. The van der Waals surface area contributed by atoms with Gasteiger partial charge in [-0.1, -0.05) is 13.8 Å². The molecule has 0 spiro atoms. The molecule has 1 heterocycles. The Morgan fingerprint density at radius 1 is 1.26 bits per heavy atom. The predicted octanol–water partition coefficient (Wildman–Crippen LogP) is 3.26. The standard InChI is InChI=1S/C15H26N2O2/c1-11(2)17-13(12(19-5)10-16-17)15(18)8-6-14(3,4)7-9-15/h10-11,18H,6-9H2,1-5H3. The summed E-state index contributed by atoms with van der Waals surface area (Å²) in [6.07, 6.45) is 5.31. The summed E-state index contributed by atoms with van der Waals surface area (Å²) in [4.78, 5) is 0. The maximum atomic E-state index is 11.1. The number of aromatic nitrogens is 2. The fourth-order valence-corrected chi connectivity index (χ4v) is 2.91. The minimum atomic E-state index is -0.804. The van der Waals surface area contributed by atoms with Gasteiger partial charge in [-0.3, -0.25) is 4.68 Å². The molecule has 1 aromatic heterocycles. The Hall–Kier alpha value is -1.03. The van der Waals surface area contributed by atoms with E-state index in [1.54, 1.807) is 13.3 Å². The van der Waals surface area contributed by atoms with Crippen LogP contribution in [0.5, 0.6) is 5.75 Å². The summed E-state index contributed by atoms with van der Waals surface area (Å²) >= 11 is 0. The molecule has 0 unspecified atom stereocenters. The van der Waals surface area contributed by atoms with Crippen molar-refractivity contribution < 1.29 is 9.84 Å². The lowest BCUT2D eigenvalue weighted by Crippen LogP contribution is -2.37. The molecule has 4 heteroatoms. The average Bonchev–Trinajstić information content (AvgIpc) is 2.78. The Morgan fingerprint density at radius 3 is 2.32 bits per heavy atom. The van der Waals surface area contributed by atoms with Crippen LogP contribution in [0.4, 0.5) is 0 Å². The Kier molecular flexibility index (Phi) is 3.65. The summed E-state index contributed by atoms with van der Waals surface area (Å²) in [7, 11) is 1.64. The van der Waals surface area contributed by atoms with Crippen molar-refractivity contribution in [2.45, 2.75) is 65.0 Å². The van der Waals surface area contributed by atoms with E-state index < -0.39 is 5.60 Å². The Bertz CT molecular complexity index is 439. The molecule has 0 amide bonds. The van der Waals surface area contributed by atoms with Crippen molar-refractivity contribution in [3.8, 4) is 5.75 Å². The summed E-state index contributed by atoms with van der Waals surface area (Å²) in [5.41, 5.74) is 0.365. The summed E-state index contributed by atoms with van der Waals surface area (Å²) in [5, 5.41) is 15.4. The van der Waals surface area contributed by atoms with Crippen LogP contribution in [0, 0.1) is 5.41 Å². The van der Waals surface area contributed by atoms with Gasteiger partial charge in [-0.15, -0.1) is 0 Å². The van der Waals surface area contributed by atoms with Crippen LogP contribution < -0.4 is 4.74 Å². The summed E-state index contributed by atoms with van der Waals surface area (Å²) < 4.78 is 7.30. The highest BCUT2D eigenvalue weighted by molar-refractivity contribution is 5.32. The average molecular weight is 266 g/mol. The van der Waals surface area contributed by atoms with E-state index >= 15 is 0 Å². The number of aliphatic hydroxyl groups is 1. The molecule has 0 atom stereocenters. The smallest absolute Gasteiger partial charge is 0.162 e. The Balaban J connectivity index is 2.37. The number of nitrogens with zero attached hydrogens (tertiary/aromatic N) is 2. The zero-order chi connectivity index (χ0) is 14.3. The first-order chi connectivity index (χ1) is 8.79. The number of hydrogen-bond acceptors (Lipinski definition) is 3. The van der Waals surface area contributed by atoms with E-state index in [4.69, 9.17) is 4.74 Å². The van der Waals surface area contributed by atoms with E-state index in [0.717, 1.165) is 31.4 Å². The first-order valence-electron chi connectivity index (χ1n) is 7.13. The number of methoxy groups -OCH3 is 1. The molecule has 19 heavy (non-hydrogen) atoms. The molecule has 2 rings (SSSR count). The van der Waals surface area contributed by atoms with Crippen molar-refractivity contribution in [3.63, 3.8) is 0 Å². The molecule has 108 valence electrons. The summed E-state index contributed by atoms with van der Waals surface area (Å²) in [6.45, 7) is 8.69. The highest BCUT2D eigenvalue weighted by Gasteiger charge is 2.42. The Labute approximate surface area is 115 Å². The SMILES string of the molecule is COc1cnn(C(C)C)c1C1(O)CCC(C)(C)CC1. The van der Waals surface area contributed by atoms with Gasteiger partial charge in [0.1, 0.15) is 11.3 Å². The highest BCUT2D eigenvalue weighted by Crippen LogP contribution is 2.47. The second-order valence-electron chi connectivity index (χ2n) is 6.80. The van der Waals surface area contributed by atoms with Crippen LogP contribution in [0.25, 0.3) is 0 Å². The van der Waals surface area contributed by atoms with Gasteiger partial charge in [-0.2, -0.15) is 5.10 Å². The highest BCUT2D eigenvalue weighted by atomic mass is 16.5. The normalized spacial score (nSPS) is 21.6. The van der Waals surface area contributed by atoms with Gasteiger partial charge in [-0.05, 0) is 44.9 Å². The van der Waals surface area contributed by atoms with Crippen molar-refractivity contribution >= 4 is 0 Å². The topological polar surface area (TPSA) is 47.3 Å². The maximum absolute atomic E-state index is 11.1. The van der Waals surface area contributed by atoms with Crippen LogP contribution in [0.2, 0.25) is 0 Å². The fraction of sp³-hybridized carbons (Fsp3) is 0.800. The zero-order valence-corrected chi connectivity index (χ0v) is 12.7. The van der Waals surface area contributed by atoms with Crippen LogP contribution in [-0.4, -0.2) is 22.0 Å². The van der Waals surface area contributed by atoms with E-state index in [1.807, 2.05) is 4.68 Å². The van der Waals surface area contributed by atoms with Crippen LogP contribution >= 0.6 is 0 Å². The lowest BCUT2D eigenvalue weighted by Gasteiger charge is -2.40. The van der Waals surface area contributed by atoms with Crippen LogP contribution in [0.15, 0.2) is 6.20 Å². The van der Waals surface area contributed by atoms with Gasteiger partial charge in [0.05, 0.1) is 13.3 Å². The van der Waals surface area contributed by atoms with Crippen molar-refractivity contribution in [3.05, 3.63) is 11.9 Å². The van der Waals surface area contributed by atoms with Gasteiger partial charge in [0.25, 0.3) is 0 Å². The fourth-order valence-electron chi connectivity index (χ4n) is 2.91. The molecule has 1 N–H and O–H groups in total. The number of hydrogen-bond donors (Lipinski definition) is 1. The van der Waals surface area contributed by atoms with Crippen molar-refractivity contribution in [2.75, 3.05) is 7.11 Å². The number of rotatable bonds is 3. The van der Waals surface area contributed by atoms with Gasteiger partial charge in [-0.25, -0.2) is 0 Å². The molecule has 0 aromatic carbocycles. The lowest BCUT2D eigenvalue weighted by molar-refractivity contribution is -0.0395. The van der Waals surface area contributed by atoms with E-state index in [0.29, 0.717) is 11.2 Å². The molecule has 4 nitrogen and oxygen atoms in total. The van der Waals surface area contributed by atoms with E-state index in [9.17, 15) is 5.11 Å². The summed E-state index contributed by atoms with van der Waals surface area (Å²) in [6, 6.07) is 0.220. The van der Waals surface area contributed by atoms with Gasteiger partial charge < -0.3 is 9.84 Å². The third-order valence-corrected chi connectivity index (χ3v) is 4.34. The molecule has 0 saturated heterocycles. The predicted molar refractivity (Wildman–Crippen MR) is 75.3 cm³/mol. The van der Waals surface area contributed by atoms with Gasteiger partial charge >= 0.3 is 0 Å². The molecule has 1 aromatic rings. The van der Waals surface area contributed by atoms with E-state index in [-0.39, 0.29) is 6.04 Å². The molecule has 0 radical (unpaired) electrons. The largest absolute Gasteiger partial charge is 0.493 e. The van der Waals surface area contributed by atoms with E-state index in [1.165, 1.54) is 0 Å². The van der Waals surface area contributed by atoms with Crippen molar-refractivity contribution in [2.24, 2.45) is 5.41 Å². The molecule has 1 aliphatic rings. The molecule has 0 aliphatic heterocycles. The van der Waals surface area contributed by atoms with Gasteiger partial charge in [0, 0.05) is 6.04 Å². The molecule has 1 fully saturated rings. The molecule has 1 saturated carbocycles. The van der Waals surface area contributed by atoms with Gasteiger partial charge in [0.2, 0.25) is 0 Å². The molecule has 0 bridgehead atoms. The second kappa shape index (κ2) is 4.82. The molecular weight excluding hydrogens is 240 g/mol.